The number of oxime groups is 1. The number of nitrogens with two attached hydrogens (primary N) is 1. The first-order valence-corrected chi connectivity index (χ1v) is 10.5. The number of aliphatic hydroxyl groups excluding tert-OH is 1. The summed E-state index contributed by atoms with van der Waals surface area (Å²) in [6.07, 6.45) is 0. The minimum absolute atomic E-state index is 0.00376. The number of carbonyl (C=O) groups excluding carboxylic acids is 1. The highest BCUT2D eigenvalue weighted by atomic mass is 19.1. The van der Waals surface area contributed by atoms with E-state index in [2.05, 4.69) is 10.5 Å². The minimum Gasteiger partial charge on any atom is -0.490 e. The van der Waals surface area contributed by atoms with Crippen molar-refractivity contribution in [2.24, 2.45) is 16.8 Å². The van der Waals surface area contributed by atoms with E-state index in [1.54, 1.807) is 31.2 Å². The van der Waals surface area contributed by atoms with Crippen LogP contribution in [0.2, 0.25) is 0 Å². The molecule has 0 aromatic heterocycles. The van der Waals surface area contributed by atoms with Crippen LogP contribution in [-0.4, -0.2) is 48.5 Å². The van der Waals surface area contributed by atoms with Crippen molar-refractivity contribution in [2.45, 2.75) is 26.8 Å². The summed E-state index contributed by atoms with van der Waals surface area (Å²) >= 11 is 0. The van der Waals surface area contributed by atoms with Crippen LogP contribution in [0.5, 0.6) is 11.5 Å². The highest BCUT2D eigenvalue weighted by molar-refractivity contribution is 5.97. The smallest absolute Gasteiger partial charge is 0.333 e. The molecule has 33 heavy (non-hydrogen) atoms. The number of anilines is 1. The molecule has 0 saturated carbocycles. The molecule has 9 nitrogen and oxygen atoms in total. The predicted molar refractivity (Wildman–Crippen MR) is 121 cm³/mol. The third-order valence-electron chi connectivity index (χ3n) is 4.42. The molecular weight excluding hydrogens is 433 g/mol. The molecule has 0 heterocycles. The third kappa shape index (κ3) is 7.25. The van der Waals surface area contributed by atoms with Crippen molar-refractivity contribution >= 4 is 17.5 Å². The number of nitrogens with zero attached hydrogens (tertiary/aromatic N) is 1. The topological polar surface area (TPSA) is 136 Å². The van der Waals surface area contributed by atoms with Gasteiger partial charge in [-0.1, -0.05) is 19.0 Å². The lowest BCUT2D eigenvalue weighted by Gasteiger charge is -2.22. The largest absolute Gasteiger partial charge is 0.490 e. The Morgan fingerprint density at radius 3 is 2.42 bits per heavy atom. The fourth-order valence-corrected chi connectivity index (χ4v) is 2.87. The number of amidine groups is 1. The maximum Gasteiger partial charge on any atom is 0.333 e. The van der Waals surface area contributed by atoms with E-state index < -0.39 is 17.8 Å². The first-order chi connectivity index (χ1) is 15.8. The second-order valence-corrected chi connectivity index (χ2v) is 7.49. The van der Waals surface area contributed by atoms with Crippen molar-refractivity contribution in [3.63, 3.8) is 0 Å². The molecule has 0 unspecified atom stereocenters. The summed E-state index contributed by atoms with van der Waals surface area (Å²) in [4.78, 5) is 12.9. The van der Waals surface area contributed by atoms with E-state index in [9.17, 15) is 4.79 Å². The molecule has 0 aliphatic carbocycles. The van der Waals surface area contributed by atoms with E-state index in [0.29, 0.717) is 11.3 Å². The molecule has 0 radical (unpaired) electrons. The lowest BCUT2D eigenvalue weighted by molar-refractivity contribution is -0.145. The second-order valence-electron chi connectivity index (χ2n) is 7.49. The number of hydrogen-bond acceptors (Lipinski definition) is 8. The van der Waals surface area contributed by atoms with Crippen molar-refractivity contribution in [2.75, 3.05) is 31.7 Å². The average molecular weight is 464 g/mol. The van der Waals surface area contributed by atoms with E-state index in [4.69, 9.17) is 30.3 Å². The Balaban J connectivity index is 2.44. The quantitative estimate of drug-likeness (QED) is 0.124. The standard InChI is InChI=1S/C23H30FN3O6/c1-4-31-19-11-17(18(24)12-20(19)32-10-9-28)21(23(29)33-13-14(2)3)26-16-7-5-15(6-8-16)22(25)27-30/h5-8,11-12,14,21,26,28,30H,4,9-10,13H2,1-3H3,(H2,25,27)/t21-/m0/s1. The Morgan fingerprint density at radius 2 is 1.85 bits per heavy atom. The van der Waals surface area contributed by atoms with Crippen LogP contribution in [0.25, 0.3) is 0 Å². The van der Waals surface area contributed by atoms with Gasteiger partial charge >= 0.3 is 5.97 Å². The summed E-state index contributed by atoms with van der Waals surface area (Å²) in [6.45, 7) is 5.70. The van der Waals surface area contributed by atoms with Crippen molar-refractivity contribution in [1.29, 1.82) is 0 Å². The van der Waals surface area contributed by atoms with Crippen molar-refractivity contribution in [3.05, 3.63) is 53.3 Å². The Morgan fingerprint density at radius 1 is 1.18 bits per heavy atom. The summed E-state index contributed by atoms with van der Waals surface area (Å²) in [5.74, 6) is -1.01. The Hall–Kier alpha value is -3.53. The zero-order chi connectivity index (χ0) is 24.4. The number of benzene rings is 2. The van der Waals surface area contributed by atoms with Gasteiger partial charge in [-0.3, -0.25) is 0 Å². The third-order valence-corrected chi connectivity index (χ3v) is 4.42. The van der Waals surface area contributed by atoms with E-state index in [1.165, 1.54) is 6.07 Å². The summed E-state index contributed by atoms with van der Waals surface area (Å²) in [5, 5.41) is 23.7. The van der Waals surface area contributed by atoms with Crippen molar-refractivity contribution in [3.8, 4) is 11.5 Å². The number of ether oxygens (including phenoxy) is 3. The summed E-state index contributed by atoms with van der Waals surface area (Å²) in [6, 6.07) is 7.69. The zero-order valence-corrected chi connectivity index (χ0v) is 18.9. The van der Waals surface area contributed by atoms with E-state index >= 15 is 4.39 Å². The average Bonchev–Trinajstić information content (AvgIpc) is 2.81. The molecule has 0 aliphatic heterocycles. The van der Waals surface area contributed by atoms with Gasteiger partial charge < -0.3 is 35.6 Å². The summed E-state index contributed by atoms with van der Waals surface area (Å²) in [5.41, 5.74) is 6.53. The molecule has 0 amide bonds. The van der Waals surface area contributed by atoms with Crippen LogP contribution in [0.3, 0.4) is 0 Å². The first-order valence-electron chi connectivity index (χ1n) is 10.5. The van der Waals surface area contributed by atoms with Gasteiger partial charge in [-0.25, -0.2) is 9.18 Å². The zero-order valence-electron chi connectivity index (χ0n) is 18.9. The van der Waals surface area contributed by atoms with Gasteiger partial charge in [0.1, 0.15) is 12.4 Å². The van der Waals surface area contributed by atoms with Crippen LogP contribution in [0, 0.1) is 11.7 Å². The van der Waals surface area contributed by atoms with E-state index in [-0.39, 0.29) is 55.2 Å². The monoisotopic (exact) mass is 463 g/mol. The Labute approximate surface area is 191 Å². The summed E-state index contributed by atoms with van der Waals surface area (Å²) in [7, 11) is 0. The molecule has 0 spiro atoms. The molecule has 2 aromatic rings. The van der Waals surface area contributed by atoms with Gasteiger partial charge in [0.2, 0.25) is 0 Å². The van der Waals surface area contributed by atoms with Crippen LogP contribution >= 0.6 is 0 Å². The van der Waals surface area contributed by atoms with Gasteiger partial charge in [0, 0.05) is 22.9 Å². The van der Waals surface area contributed by atoms with Gasteiger partial charge in [0.25, 0.3) is 0 Å². The number of halogens is 1. The molecule has 2 aromatic carbocycles. The van der Waals surface area contributed by atoms with Crippen LogP contribution in [-0.2, 0) is 9.53 Å². The van der Waals surface area contributed by atoms with Gasteiger partial charge in [0.15, 0.2) is 23.4 Å². The molecule has 2 rings (SSSR count). The lowest BCUT2D eigenvalue weighted by atomic mass is 10.0. The van der Waals surface area contributed by atoms with Gasteiger partial charge in [0.05, 0.1) is 19.8 Å². The number of carbonyl (C=O) groups is 1. The highest BCUT2D eigenvalue weighted by Gasteiger charge is 2.28. The number of rotatable bonds is 12. The highest BCUT2D eigenvalue weighted by Crippen LogP contribution is 2.35. The van der Waals surface area contributed by atoms with Crippen molar-refractivity contribution < 1.29 is 33.7 Å². The Bertz CT molecular complexity index is 950. The number of nitrogens with one attached hydrogen (secondary N) is 1. The number of hydrogen-bond donors (Lipinski definition) is 4. The normalized spacial score (nSPS) is 12.4. The lowest BCUT2D eigenvalue weighted by Crippen LogP contribution is -2.26. The molecule has 0 aliphatic rings. The number of esters is 1. The molecule has 0 saturated heterocycles. The van der Waals surface area contributed by atoms with Crippen LogP contribution < -0.4 is 20.5 Å². The molecule has 5 N–H and O–H groups in total. The van der Waals surface area contributed by atoms with E-state index in [0.717, 1.165) is 6.07 Å². The van der Waals surface area contributed by atoms with Crippen LogP contribution in [0.4, 0.5) is 10.1 Å². The maximum atomic E-state index is 15.1. The first kappa shape index (κ1) is 25.7. The molecule has 10 heteroatoms. The fraction of sp³-hybridized carbons (Fsp3) is 0.391. The van der Waals surface area contributed by atoms with Crippen molar-refractivity contribution in [1.82, 2.24) is 0 Å². The van der Waals surface area contributed by atoms with Crippen LogP contribution in [0.15, 0.2) is 41.6 Å². The minimum atomic E-state index is -1.19. The molecule has 1 atom stereocenters. The predicted octanol–water partition coefficient (Wildman–Crippen LogP) is 3.04. The van der Waals surface area contributed by atoms with E-state index in [1.807, 2.05) is 13.8 Å². The maximum absolute atomic E-state index is 15.1. The van der Waals surface area contributed by atoms with Gasteiger partial charge in [-0.05, 0) is 43.2 Å². The molecular formula is C23H30FN3O6. The van der Waals surface area contributed by atoms with Gasteiger partial charge in [-0.15, -0.1) is 0 Å². The fourth-order valence-electron chi connectivity index (χ4n) is 2.87. The second kappa shape index (κ2) is 12.5. The SMILES string of the molecule is CCOc1cc([C@H](Nc2ccc(/C(N)=N/O)cc2)C(=O)OCC(C)C)c(F)cc1OCCO. The Kier molecular flexibility index (Phi) is 9.74. The molecule has 0 fully saturated rings. The number of aliphatic hydroxyl groups is 1. The van der Waals surface area contributed by atoms with Crippen LogP contribution in [0.1, 0.15) is 37.9 Å². The molecule has 180 valence electrons. The van der Waals surface area contributed by atoms with Gasteiger partial charge in [-0.2, -0.15) is 0 Å². The summed E-state index contributed by atoms with van der Waals surface area (Å²) < 4.78 is 31.4. The molecule has 0 bridgehead atoms.